The molecule has 1 aliphatic carbocycles. The summed E-state index contributed by atoms with van der Waals surface area (Å²) in [6.07, 6.45) is 1.70. The average Bonchev–Trinajstić information content (AvgIpc) is 2.79. The Morgan fingerprint density at radius 2 is 2.11 bits per heavy atom. The third-order valence-electron chi connectivity index (χ3n) is 3.61. The van der Waals surface area contributed by atoms with Crippen molar-refractivity contribution in [2.45, 2.75) is 13.8 Å². The van der Waals surface area contributed by atoms with Crippen molar-refractivity contribution >= 4 is 34.8 Å². The van der Waals surface area contributed by atoms with Crippen molar-refractivity contribution < 1.29 is 9.90 Å². The largest absolute Gasteiger partial charge is 0.508 e. The maximum Gasteiger partial charge on any atom is 0.228 e. The first-order valence-corrected chi connectivity index (χ1v) is 6.70. The molecule has 0 heterocycles. The Kier molecular flexibility index (Phi) is 3.79. The SMILES string of the molecule is CC1(C)C(C=C(Cl)Cl)C1C(=O)Nc1cccc(O)c1. The number of carbonyl (C=O) groups excluding carboxylic acids is 1. The summed E-state index contributed by atoms with van der Waals surface area (Å²) in [5.74, 6) is -0.100. The Bertz CT molecular complexity index is 536. The molecule has 2 rings (SSSR count). The lowest BCUT2D eigenvalue weighted by Gasteiger charge is -2.06. The highest BCUT2D eigenvalue weighted by Gasteiger charge is 2.60. The van der Waals surface area contributed by atoms with Gasteiger partial charge in [0.25, 0.3) is 0 Å². The van der Waals surface area contributed by atoms with Crippen LogP contribution >= 0.6 is 23.2 Å². The summed E-state index contributed by atoms with van der Waals surface area (Å²) in [5.41, 5.74) is 0.419. The van der Waals surface area contributed by atoms with Gasteiger partial charge in [-0.25, -0.2) is 0 Å². The fourth-order valence-electron chi connectivity index (χ4n) is 2.43. The minimum Gasteiger partial charge on any atom is -0.508 e. The Morgan fingerprint density at radius 3 is 2.68 bits per heavy atom. The van der Waals surface area contributed by atoms with Gasteiger partial charge in [0.05, 0.1) is 5.92 Å². The third-order valence-corrected chi connectivity index (χ3v) is 3.86. The van der Waals surface area contributed by atoms with Gasteiger partial charge in [-0.1, -0.05) is 43.1 Å². The highest BCUT2D eigenvalue weighted by atomic mass is 35.5. The second-order valence-electron chi connectivity index (χ2n) is 5.32. The first-order valence-electron chi connectivity index (χ1n) is 5.95. The van der Waals surface area contributed by atoms with Crippen LogP contribution in [0.3, 0.4) is 0 Å². The van der Waals surface area contributed by atoms with Crippen LogP contribution in [0.1, 0.15) is 13.8 Å². The quantitative estimate of drug-likeness (QED) is 0.888. The van der Waals surface area contributed by atoms with Gasteiger partial charge in [0.15, 0.2) is 0 Å². The number of carbonyl (C=O) groups is 1. The van der Waals surface area contributed by atoms with Crippen molar-refractivity contribution in [3.8, 4) is 5.75 Å². The molecule has 1 aromatic carbocycles. The summed E-state index contributed by atoms with van der Waals surface area (Å²) >= 11 is 11.3. The number of halogens is 2. The Morgan fingerprint density at radius 1 is 1.42 bits per heavy atom. The zero-order valence-electron chi connectivity index (χ0n) is 10.7. The van der Waals surface area contributed by atoms with Crippen molar-refractivity contribution in [1.29, 1.82) is 0 Å². The van der Waals surface area contributed by atoms with E-state index in [4.69, 9.17) is 23.2 Å². The summed E-state index contributed by atoms with van der Waals surface area (Å²) in [5, 5.41) is 12.1. The summed E-state index contributed by atoms with van der Waals surface area (Å²) in [6, 6.07) is 6.46. The van der Waals surface area contributed by atoms with Gasteiger partial charge in [0.1, 0.15) is 10.2 Å². The molecular weight excluding hydrogens is 285 g/mol. The maximum absolute atomic E-state index is 12.2. The van der Waals surface area contributed by atoms with E-state index in [1.807, 2.05) is 13.8 Å². The van der Waals surface area contributed by atoms with Gasteiger partial charge in [-0.2, -0.15) is 0 Å². The second-order valence-corrected chi connectivity index (χ2v) is 6.33. The number of anilines is 1. The van der Waals surface area contributed by atoms with E-state index in [0.717, 1.165) is 0 Å². The molecule has 102 valence electrons. The minimum absolute atomic E-state index is 0.0369. The number of phenolic OH excluding ortho intramolecular Hbond substituents is 1. The van der Waals surface area contributed by atoms with Crippen LogP contribution in [0.25, 0.3) is 0 Å². The number of rotatable bonds is 3. The molecule has 1 amide bonds. The fourth-order valence-corrected chi connectivity index (χ4v) is 2.70. The van der Waals surface area contributed by atoms with Crippen LogP contribution in [0.15, 0.2) is 34.8 Å². The molecule has 3 nitrogen and oxygen atoms in total. The van der Waals surface area contributed by atoms with Gasteiger partial charge in [-0.3, -0.25) is 4.79 Å². The molecule has 0 aliphatic heterocycles. The second kappa shape index (κ2) is 5.06. The van der Waals surface area contributed by atoms with Gasteiger partial charge in [0.2, 0.25) is 5.91 Å². The van der Waals surface area contributed by atoms with Crippen LogP contribution in [0, 0.1) is 17.3 Å². The van der Waals surface area contributed by atoms with Crippen LogP contribution in [-0.4, -0.2) is 11.0 Å². The molecule has 1 aliphatic rings. The van der Waals surface area contributed by atoms with E-state index in [2.05, 4.69) is 5.32 Å². The molecule has 0 spiro atoms. The molecule has 5 heteroatoms. The molecule has 1 saturated carbocycles. The van der Waals surface area contributed by atoms with E-state index in [1.54, 1.807) is 24.3 Å². The lowest BCUT2D eigenvalue weighted by Crippen LogP contribution is -2.16. The molecule has 2 atom stereocenters. The zero-order chi connectivity index (χ0) is 14.2. The fraction of sp³-hybridized carbons (Fsp3) is 0.357. The molecular formula is C14H15Cl2NO2. The van der Waals surface area contributed by atoms with E-state index in [-0.39, 0.29) is 33.4 Å². The first-order chi connectivity index (χ1) is 8.82. The highest BCUT2D eigenvalue weighted by Crippen LogP contribution is 2.60. The number of aromatic hydroxyl groups is 1. The van der Waals surface area contributed by atoms with Gasteiger partial charge < -0.3 is 10.4 Å². The van der Waals surface area contributed by atoms with Gasteiger partial charge in [-0.15, -0.1) is 0 Å². The molecule has 0 bridgehead atoms. The lowest BCUT2D eigenvalue weighted by atomic mass is 10.1. The van der Waals surface area contributed by atoms with E-state index in [1.165, 1.54) is 6.07 Å². The lowest BCUT2D eigenvalue weighted by molar-refractivity contribution is -0.118. The van der Waals surface area contributed by atoms with Crippen LogP contribution in [0.2, 0.25) is 0 Å². The van der Waals surface area contributed by atoms with Crippen LogP contribution < -0.4 is 5.32 Å². The molecule has 19 heavy (non-hydrogen) atoms. The van der Waals surface area contributed by atoms with Crippen LogP contribution in [-0.2, 0) is 4.79 Å². The molecule has 0 saturated heterocycles. The standard InChI is InChI=1S/C14H15Cl2NO2/c1-14(2)10(7-11(15)16)12(14)13(19)17-8-4-3-5-9(18)6-8/h3-7,10,12,18H,1-2H3,(H,17,19). The number of amides is 1. The molecule has 0 radical (unpaired) electrons. The Balaban J connectivity index is 2.08. The predicted octanol–water partition coefficient (Wildman–Crippen LogP) is 3.92. The van der Waals surface area contributed by atoms with Crippen LogP contribution in [0.5, 0.6) is 5.75 Å². The Labute approximate surface area is 122 Å². The molecule has 1 fully saturated rings. The Hall–Kier alpha value is -1.19. The molecule has 0 aromatic heterocycles. The maximum atomic E-state index is 12.2. The van der Waals surface area contributed by atoms with Crippen LogP contribution in [0.4, 0.5) is 5.69 Å². The number of phenols is 1. The topological polar surface area (TPSA) is 49.3 Å². The summed E-state index contributed by atoms with van der Waals surface area (Å²) in [6.45, 7) is 4.00. The van der Waals surface area contributed by atoms with Crippen molar-refractivity contribution in [2.75, 3.05) is 5.32 Å². The number of allylic oxidation sites excluding steroid dienone is 1. The monoisotopic (exact) mass is 299 g/mol. The highest BCUT2D eigenvalue weighted by molar-refractivity contribution is 6.55. The van der Waals surface area contributed by atoms with Gasteiger partial charge in [-0.05, 0) is 29.5 Å². The number of hydrogen-bond donors (Lipinski definition) is 2. The van der Waals surface area contributed by atoms with Crippen molar-refractivity contribution in [3.63, 3.8) is 0 Å². The smallest absolute Gasteiger partial charge is 0.228 e. The number of hydrogen-bond acceptors (Lipinski definition) is 2. The van der Waals surface area contributed by atoms with Crippen molar-refractivity contribution in [1.82, 2.24) is 0 Å². The average molecular weight is 300 g/mol. The summed E-state index contributed by atoms with van der Waals surface area (Å²) in [7, 11) is 0. The molecule has 2 unspecified atom stereocenters. The molecule has 1 aromatic rings. The summed E-state index contributed by atoms with van der Waals surface area (Å²) in [4.78, 5) is 12.2. The first kappa shape index (κ1) is 14.2. The van der Waals surface area contributed by atoms with Crippen molar-refractivity contribution in [3.05, 3.63) is 34.8 Å². The summed E-state index contributed by atoms with van der Waals surface area (Å²) < 4.78 is 0.186. The van der Waals surface area contributed by atoms with Crippen molar-refractivity contribution in [2.24, 2.45) is 17.3 Å². The van der Waals surface area contributed by atoms with E-state index in [9.17, 15) is 9.90 Å². The minimum atomic E-state index is -0.164. The number of nitrogens with one attached hydrogen (secondary N) is 1. The third kappa shape index (κ3) is 3.04. The number of benzene rings is 1. The van der Waals surface area contributed by atoms with Gasteiger partial charge in [0, 0.05) is 11.8 Å². The van der Waals surface area contributed by atoms with Gasteiger partial charge >= 0.3 is 0 Å². The normalized spacial score (nSPS) is 23.6. The van der Waals surface area contributed by atoms with E-state index in [0.29, 0.717) is 5.69 Å². The van der Waals surface area contributed by atoms with E-state index < -0.39 is 0 Å². The molecule has 2 N–H and O–H groups in total. The van der Waals surface area contributed by atoms with E-state index >= 15 is 0 Å². The zero-order valence-corrected chi connectivity index (χ0v) is 12.2. The predicted molar refractivity (Wildman–Crippen MR) is 77.3 cm³/mol.